The maximum Gasteiger partial charge on any atom is 0.299 e. The molecule has 1 aromatic heterocycles. The maximum absolute atomic E-state index is 2.85. The zero-order chi connectivity index (χ0) is 35.1. The van der Waals surface area contributed by atoms with Crippen molar-refractivity contribution in [3.63, 3.8) is 0 Å². The monoisotopic (exact) mass is 669 g/mol. The molecule has 0 radical (unpaired) electrons. The van der Waals surface area contributed by atoms with Crippen molar-refractivity contribution in [2.75, 3.05) is 4.90 Å². The Morgan fingerprint density at radius 2 is 1.29 bits per heavy atom. The minimum Gasteiger partial charge on any atom is -0.292 e. The summed E-state index contributed by atoms with van der Waals surface area (Å²) in [4.78, 5) is 2.85. The lowest BCUT2D eigenvalue weighted by Gasteiger charge is -2.44. The van der Waals surface area contributed by atoms with E-state index >= 15 is 0 Å². The molecule has 6 aromatic carbocycles. The molecule has 3 aliphatic heterocycles. The summed E-state index contributed by atoms with van der Waals surface area (Å²) in [6.07, 6.45) is 2.34. The molecule has 2 heteroatoms. The van der Waals surface area contributed by atoms with Crippen LogP contribution in [0.5, 0.6) is 0 Å². The molecule has 11 rings (SSSR count). The van der Waals surface area contributed by atoms with Crippen LogP contribution in [0.15, 0.2) is 157 Å². The zero-order valence-corrected chi connectivity index (χ0v) is 30.4. The summed E-state index contributed by atoms with van der Waals surface area (Å²) in [6, 6.07) is 55.2. The molecule has 2 unspecified atom stereocenters. The third-order valence-corrected chi connectivity index (χ3v) is 12.6. The van der Waals surface area contributed by atoms with E-state index in [1.807, 2.05) is 0 Å². The van der Waals surface area contributed by atoms with Gasteiger partial charge in [-0.2, -0.15) is 4.57 Å². The largest absolute Gasteiger partial charge is 0.299 e. The molecule has 0 saturated heterocycles. The fourth-order valence-corrected chi connectivity index (χ4v) is 10.6. The van der Waals surface area contributed by atoms with Gasteiger partial charge in [-0.1, -0.05) is 144 Å². The summed E-state index contributed by atoms with van der Waals surface area (Å²) in [6.45, 7) is 12.1. The molecule has 0 amide bonds. The number of pyridine rings is 1. The van der Waals surface area contributed by atoms with Crippen LogP contribution in [0.2, 0.25) is 0 Å². The van der Waals surface area contributed by atoms with Crippen molar-refractivity contribution in [1.82, 2.24) is 0 Å². The molecule has 1 spiro atoms. The summed E-state index contributed by atoms with van der Waals surface area (Å²) in [7, 11) is 0. The number of rotatable bonds is 1. The molecule has 4 heterocycles. The molecule has 2 atom stereocenters. The Hall–Kier alpha value is -5.73. The first-order valence-corrected chi connectivity index (χ1v) is 18.7. The summed E-state index contributed by atoms with van der Waals surface area (Å²) in [5.74, 6) is 0. The Morgan fingerprint density at radius 1 is 0.596 bits per heavy atom. The van der Waals surface area contributed by atoms with Gasteiger partial charge in [-0.3, -0.25) is 4.90 Å². The van der Waals surface area contributed by atoms with Crippen LogP contribution >= 0.6 is 0 Å². The van der Waals surface area contributed by atoms with Crippen LogP contribution in [-0.2, 0) is 16.5 Å². The van der Waals surface area contributed by atoms with Crippen LogP contribution < -0.4 is 9.47 Å². The van der Waals surface area contributed by atoms with Crippen LogP contribution in [-0.4, -0.2) is 0 Å². The highest BCUT2D eigenvalue weighted by Crippen LogP contribution is 2.67. The van der Waals surface area contributed by atoms with E-state index in [-0.39, 0.29) is 16.9 Å². The number of para-hydroxylation sites is 1. The van der Waals surface area contributed by atoms with Crippen molar-refractivity contribution in [2.45, 2.75) is 57.2 Å². The number of nitrogens with zero attached hydrogens (tertiary/aromatic N) is 2. The van der Waals surface area contributed by atoms with Gasteiger partial charge in [-0.25, -0.2) is 0 Å². The second-order valence-corrected chi connectivity index (χ2v) is 16.7. The number of hydrogen-bond donors (Lipinski definition) is 0. The third-order valence-electron chi connectivity index (χ3n) is 12.6. The second-order valence-electron chi connectivity index (χ2n) is 16.7. The van der Waals surface area contributed by atoms with Crippen LogP contribution in [0.25, 0.3) is 38.7 Å². The molecule has 52 heavy (non-hydrogen) atoms. The van der Waals surface area contributed by atoms with Gasteiger partial charge >= 0.3 is 0 Å². The first-order chi connectivity index (χ1) is 25.2. The van der Waals surface area contributed by atoms with Gasteiger partial charge in [0.1, 0.15) is 0 Å². The van der Waals surface area contributed by atoms with Crippen LogP contribution in [0.3, 0.4) is 0 Å². The van der Waals surface area contributed by atoms with E-state index in [1.165, 1.54) is 88.9 Å². The molecule has 2 nitrogen and oxygen atoms in total. The lowest BCUT2D eigenvalue weighted by molar-refractivity contribution is -0.726. The molecule has 0 saturated carbocycles. The molecule has 250 valence electrons. The van der Waals surface area contributed by atoms with Crippen molar-refractivity contribution in [2.24, 2.45) is 0 Å². The van der Waals surface area contributed by atoms with Crippen LogP contribution in [0.1, 0.15) is 79.6 Å². The minimum atomic E-state index is -0.647. The minimum absolute atomic E-state index is 0.0138. The third kappa shape index (κ3) is 3.53. The first kappa shape index (κ1) is 29.9. The summed E-state index contributed by atoms with van der Waals surface area (Å²) < 4.78 is 2.62. The number of aromatic nitrogens is 1. The fraction of sp³-hybridized carbons (Fsp3) is 0.180. The molecular formula is C50H41N2+. The van der Waals surface area contributed by atoms with Crippen molar-refractivity contribution in [3.8, 4) is 22.4 Å². The van der Waals surface area contributed by atoms with Crippen molar-refractivity contribution >= 4 is 22.0 Å². The lowest BCUT2D eigenvalue weighted by Crippen LogP contribution is -2.64. The van der Waals surface area contributed by atoms with E-state index in [0.29, 0.717) is 0 Å². The van der Waals surface area contributed by atoms with Crippen LogP contribution in [0, 0.1) is 0 Å². The van der Waals surface area contributed by atoms with Crippen molar-refractivity contribution in [1.29, 1.82) is 0 Å². The predicted molar refractivity (Wildman–Crippen MR) is 213 cm³/mol. The van der Waals surface area contributed by atoms with E-state index in [1.54, 1.807) is 0 Å². The standard InChI is InChI=1S/C50H41N2/c1-48(2,3)40-30-38-45(34-20-10-9-19-33(34)40)50(41-29-32(31-17-7-6-8-18-31)26-27-35(41)42-24-15-16-28-51(42)50)52-43-25-14-12-22-37(43)44-36-21-11-13-23-39(36)49(4,5)46(44)47(38)52/h6-30,47H,1-5H3/q+1. The normalized spacial score (nSPS) is 19.9. The quantitative estimate of drug-likeness (QED) is 0.158. The lowest BCUT2D eigenvalue weighted by atomic mass is 9.73. The first-order valence-electron chi connectivity index (χ1n) is 18.7. The van der Waals surface area contributed by atoms with Crippen molar-refractivity contribution < 1.29 is 4.57 Å². The topological polar surface area (TPSA) is 7.12 Å². The van der Waals surface area contributed by atoms with E-state index in [2.05, 4.69) is 196 Å². The summed E-state index contributed by atoms with van der Waals surface area (Å²) in [5.41, 5.74) is 18.0. The number of benzene rings is 6. The Kier molecular flexibility index (Phi) is 5.75. The molecule has 1 aliphatic carbocycles. The Bertz CT molecular complexity index is 2710. The Balaban J connectivity index is 1.37. The van der Waals surface area contributed by atoms with E-state index in [9.17, 15) is 0 Å². The molecule has 0 N–H and O–H groups in total. The summed E-state index contributed by atoms with van der Waals surface area (Å²) >= 11 is 0. The van der Waals surface area contributed by atoms with E-state index in [0.717, 1.165) is 0 Å². The highest BCUT2D eigenvalue weighted by molar-refractivity contribution is 6.02. The maximum atomic E-state index is 2.85. The zero-order valence-electron chi connectivity index (χ0n) is 30.4. The second kappa shape index (κ2) is 9.98. The van der Waals surface area contributed by atoms with Gasteiger partial charge in [0.15, 0.2) is 6.20 Å². The molecule has 4 aliphatic rings. The van der Waals surface area contributed by atoms with E-state index < -0.39 is 5.66 Å². The number of fused-ring (bicyclic) bond motifs is 18. The highest BCUT2D eigenvalue weighted by Gasteiger charge is 2.68. The van der Waals surface area contributed by atoms with Gasteiger partial charge in [0.05, 0.1) is 28.4 Å². The average Bonchev–Trinajstić information content (AvgIpc) is 3.73. The van der Waals surface area contributed by atoms with Crippen molar-refractivity contribution in [3.05, 3.63) is 196 Å². The average molecular weight is 670 g/mol. The van der Waals surface area contributed by atoms with Gasteiger partial charge in [-0.05, 0) is 85.0 Å². The SMILES string of the molecule is CC(C)(C)c1cc2c(c3ccccc13)C1(c3cc(-c4ccccc4)ccc3-c3cccc[n+]31)N1c3ccccc3C3=C(C21)C(C)(C)c1ccccc13. The fourth-order valence-electron chi connectivity index (χ4n) is 10.6. The predicted octanol–water partition coefficient (Wildman–Crippen LogP) is 11.5. The molecule has 0 bridgehead atoms. The Labute approximate surface area is 306 Å². The van der Waals surface area contributed by atoms with Gasteiger partial charge < -0.3 is 0 Å². The van der Waals surface area contributed by atoms with Gasteiger partial charge in [0.2, 0.25) is 5.69 Å². The molecule has 0 fully saturated rings. The van der Waals surface area contributed by atoms with Crippen LogP contribution in [0.4, 0.5) is 5.69 Å². The van der Waals surface area contributed by atoms with Gasteiger partial charge in [0.25, 0.3) is 5.66 Å². The Morgan fingerprint density at radius 3 is 2.10 bits per heavy atom. The smallest absolute Gasteiger partial charge is 0.292 e. The molecular weight excluding hydrogens is 629 g/mol. The number of anilines is 1. The number of hydrogen-bond acceptors (Lipinski definition) is 1. The van der Waals surface area contributed by atoms with Gasteiger partial charge in [-0.15, -0.1) is 0 Å². The molecule has 7 aromatic rings. The van der Waals surface area contributed by atoms with E-state index in [4.69, 9.17) is 0 Å². The van der Waals surface area contributed by atoms with Gasteiger partial charge in [0, 0.05) is 23.1 Å². The highest BCUT2D eigenvalue weighted by atomic mass is 15.4. The summed E-state index contributed by atoms with van der Waals surface area (Å²) in [5, 5.41) is 2.68.